The van der Waals surface area contributed by atoms with Crippen molar-refractivity contribution in [3.05, 3.63) is 60.4 Å². The molecule has 0 spiro atoms. The Hall–Kier alpha value is -5.77. The number of nitrogen functional groups attached to an aromatic ring is 1. The normalized spacial score (nSPS) is 13.2. The van der Waals surface area contributed by atoms with Crippen LogP contribution in [-0.4, -0.2) is 84.9 Å². The van der Waals surface area contributed by atoms with Gasteiger partial charge in [0.05, 0.1) is 16.0 Å². The zero-order valence-corrected chi connectivity index (χ0v) is 31.6. The first-order valence-corrected chi connectivity index (χ1v) is 21.5. The maximum atomic E-state index is 13.7. The molecule has 0 fully saturated rings. The van der Waals surface area contributed by atoms with Crippen molar-refractivity contribution < 1.29 is 74.3 Å². The molecule has 57 heavy (non-hydrogen) atoms. The Labute approximate surface area is 318 Å². The molecular formula is C26H20FN9O16S5. The minimum atomic E-state index is -5.50. The highest BCUT2D eigenvalue weighted by atomic mass is 32.2. The van der Waals surface area contributed by atoms with Crippen molar-refractivity contribution in [1.29, 1.82) is 0 Å². The fraction of sp³-hybridized carbons (Fsp3) is 0.0385. The van der Waals surface area contributed by atoms with E-state index in [0.29, 0.717) is 30.3 Å². The summed E-state index contributed by atoms with van der Waals surface area (Å²) in [7, 11) is -26.4. The molecular weight excluding hydrogens is 874 g/mol. The van der Waals surface area contributed by atoms with Gasteiger partial charge in [0.15, 0.2) is 5.75 Å². The van der Waals surface area contributed by atoms with Gasteiger partial charge in [-0.1, -0.05) is 0 Å². The first-order valence-electron chi connectivity index (χ1n) is 14.3. The van der Waals surface area contributed by atoms with Crippen molar-refractivity contribution in [3.8, 4) is 5.75 Å². The molecule has 5 rings (SSSR count). The summed E-state index contributed by atoms with van der Waals surface area (Å²) in [5, 5.41) is 26.3. The van der Waals surface area contributed by atoms with Gasteiger partial charge < -0.3 is 16.2 Å². The second kappa shape index (κ2) is 14.6. The Morgan fingerprint density at radius 1 is 0.614 bits per heavy atom. The van der Waals surface area contributed by atoms with Crippen molar-refractivity contribution in [2.45, 2.75) is 31.4 Å². The number of aryl methyl sites for hydroxylation is 1. The number of phenolic OH excluding ortho intramolecular Hbond substituents is 1. The van der Waals surface area contributed by atoms with Crippen LogP contribution in [-0.2, 0) is 50.6 Å². The van der Waals surface area contributed by atoms with Crippen LogP contribution in [0.15, 0.2) is 93.5 Å². The molecule has 0 bridgehead atoms. The van der Waals surface area contributed by atoms with Crippen LogP contribution < -0.4 is 11.1 Å². The van der Waals surface area contributed by atoms with E-state index in [2.05, 4.69) is 40.7 Å². The molecule has 0 aliphatic heterocycles. The first-order chi connectivity index (χ1) is 26.1. The molecule has 0 aliphatic carbocycles. The van der Waals surface area contributed by atoms with E-state index in [-0.39, 0.29) is 11.5 Å². The fourth-order valence-corrected chi connectivity index (χ4v) is 7.83. The Bertz CT molecular complexity index is 3160. The topological polar surface area (TPSA) is 418 Å². The molecule has 31 heteroatoms. The number of aromatic hydroxyl groups is 1. The predicted octanol–water partition coefficient (Wildman–Crippen LogP) is 3.57. The molecule has 4 aromatic carbocycles. The second-order valence-corrected chi connectivity index (χ2v) is 18.0. The summed E-state index contributed by atoms with van der Waals surface area (Å²) in [5.41, 5.74) is 0.676. The standard InChI is InChI=1S/C26H20FN9O16S5/c1-10-29-25(27)32-26(30-10)31-12-2-4-16(54(41,42)43)14(8-12)33-36-23-19(57(50,51)52)7-11-6-18(56(47,48)49)22(21(28)20(11)24(23)37)35-34-15-9-13(53(38,39)40)3-5-17(15)55(44,45)46/h2-9,37H,28H2,1H3,(H,38,39,40)(H,41,42,43)(H,44,45,46)(H,47,48,49)(H,50,51,52)(H,29,30,31,32). The Balaban J connectivity index is 1.78. The molecule has 9 N–H and O–H groups in total. The fourth-order valence-electron chi connectivity index (χ4n) is 4.79. The number of azo groups is 2. The van der Waals surface area contributed by atoms with Crippen LogP contribution in [0, 0.1) is 13.0 Å². The highest BCUT2D eigenvalue weighted by Crippen LogP contribution is 2.48. The molecule has 1 heterocycles. The number of hydrogen-bond acceptors (Lipinski definition) is 20. The number of anilines is 3. The Morgan fingerprint density at radius 3 is 1.61 bits per heavy atom. The monoisotopic (exact) mass is 893 g/mol. The van der Waals surface area contributed by atoms with Crippen molar-refractivity contribution in [2.24, 2.45) is 20.5 Å². The molecule has 0 aliphatic rings. The van der Waals surface area contributed by atoms with E-state index in [1.807, 2.05) is 0 Å². The molecule has 0 radical (unpaired) electrons. The molecule has 0 atom stereocenters. The van der Waals surface area contributed by atoms with E-state index >= 15 is 0 Å². The third kappa shape index (κ3) is 9.28. The van der Waals surface area contributed by atoms with Crippen LogP contribution in [0.2, 0.25) is 0 Å². The van der Waals surface area contributed by atoms with Crippen molar-refractivity contribution in [2.75, 3.05) is 11.1 Å². The lowest BCUT2D eigenvalue weighted by atomic mass is 10.1. The van der Waals surface area contributed by atoms with Gasteiger partial charge in [-0.15, -0.1) is 20.5 Å². The highest BCUT2D eigenvalue weighted by molar-refractivity contribution is 7.87. The largest absolute Gasteiger partial charge is 0.505 e. The number of nitrogens with two attached hydrogens (primary N) is 1. The molecule has 0 unspecified atom stereocenters. The molecule has 5 aromatic rings. The summed E-state index contributed by atoms with van der Waals surface area (Å²) >= 11 is 0. The van der Waals surface area contributed by atoms with Crippen LogP contribution in [0.5, 0.6) is 5.75 Å². The second-order valence-electron chi connectivity index (χ2n) is 11.0. The molecule has 1 aromatic heterocycles. The average molecular weight is 894 g/mol. The molecule has 0 saturated heterocycles. The van der Waals surface area contributed by atoms with Gasteiger partial charge in [0.2, 0.25) is 5.95 Å². The Kier molecular flexibility index (Phi) is 10.9. The SMILES string of the molecule is Cc1nc(F)nc(Nc2ccc(S(=O)(=O)O)c(N=Nc3c(S(=O)(=O)O)cc4cc(S(=O)(=O)O)c(N=Nc5cc(S(=O)(=O)O)ccc5S(=O)(=O)O)c(N)c4c3O)c2)n1. The number of fused-ring (bicyclic) bond motifs is 1. The van der Waals surface area contributed by atoms with Gasteiger partial charge >= 0.3 is 6.08 Å². The minimum absolute atomic E-state index is 0.0780. The lowest BCUT2D eigenvalue weighted by molar-refractivity contribution is 0.472. The number of nitrogens with one attached hydrogen (secondary N) is 1. The summed E-state index contributed by atoms with van der Waals surface area (Å²) in [6.07, 6.45) is -1.20. The summed E-state index contributed by atoms with van der Waals surface area (Å²) in [4.78, 5) is 4.79. The van der Waals surface area contributed by atoms with Crippen LogP contribution in [0.3, 0.4) is 0 Å². The van der Waals surface area contributed by atoms with Crippen LogP contribution in [0.1, 0.15) is 5.82 Å². The van der Waals surface area contributed by atoms with E-state index in [1.165, 1.54) is 6.92 Å². The number of phenols is 1. The number of benzene rings is 4. The predicted molar refractivity (Wildman–Crippen MR) is 188 cm³/mol. The van der Waals surface area contributed by atoms with Gasteiger partial charge in [0.1, 0.15) is 48.2 Å². The average Bonchev–Trinajstić information content (AvgIpc) is 3.04. The minimum Gasteiger partial charge on any atom is -0.505 e. The smallest absolute Gasteiger partial charge is 0.313 e. The maximum absolute atomic E-state index is 13.7. The van der Waals surface area contributed by atoms with Crippen molar-refractivity contribution in [1.82, 2.24) is 15.0 Å². The number of nitrogens with zero attached hydrogens (tertiary/aromatic N) is 7. The maximum Gasteiger partial charge on any atom is 0.313 e. The van der Waals surface area contributed by atoms with Gasteiger partial charge in [-0.2, -0.15) is 61.4 Å². The van der Waals surface area contributed by atoms with E-state index in [0.717, 1.165) is 18.2 Å². The first kappa shape index (κ1) is 42.4. The lowest BCUT2D eigenvalue weighted by Gasteiger charge is -2.14. The van der Waals surface area contributed by atoms with Gasteiger partial charge in [-0.05, 0) is 60.8 Å². The molecule has 302 valence electrons. The van der Waals surface area contributed by atoms with Gasteiger partial charge in [-0.3, -0.25) is 22.8 Å². The van der Waals surface area contributed by atoms with Crippen LogP contribution >= 0.6 is 0 Å². The summed E-state index contributed by atoms with van der Waals surface area (Å²) in [5.74, 6) is -1.84. The number of rotatable bonds is 11. The van der Waals surface area contributed by atoms with E-state index in [4.69, 9.17) is 5.73 Å². The third-order valence-corrected chi connectivity index (χ3v) is 11.5. The highest BCUT2D eigenvalue weighted by Gasteiger charge is 2.29. The van der Waals surface area contributed by atoms with E-state index < -0.39 is 132 Å². The van der Waals surface area contributed by atoms with Crippen molar-refractivity contribution in [3.63, 3.8) is 0 Å². The van der Waals surface area contributed by atoms with Crippen LogP contribution in [0.4, 0.5) is 44.5 Å². The zero-order valence-electron chi connectivity index (χ0n) is 27.5. The van der Waals surface area contributed by atoms with E-state index in [9.17, 15) is 74.3 Å². The van der Waals surface area contributed by atoms with Gasteiger partial charge in [0.25, 0.3) is 50.6 Å². The molecule has 25 nitrogen and oxygen atoms in total. The van der Waals surface area contributed by atoms with Gasteiger partial charge in [0, 0.05) is 5.69 Å². The van der Waals surface area contributed by atoms with Crippen molar-refractivity contribution >= 4 is 101 Å². The number of aromatic nitrogens is 3. The summed E-state index contributed by atoms with van der Waals surface area (Å²) in [6, 6.07) is 4.88. The lowest BCUT2D eigenvalue weighted by Crippen LogP contribution is -2.04. The zero-order chi connectivity index (χ0) is 42.6. The number of hydrogen-bond donors (Lipinski definition) is 8. The number of halogens is 1. The quantitative estimate of drug-likeness (QED) is 0.0533. The molecule has 0 amide bonds. The van der Waals surface area contributed by atoms with E-state index in [1.54, 1.807) is 0 Å². The summed E-state index contributed by atoms with van der Waals surface area (Å²) in [6.45, 7) is 1.31. The third-order valence-electron chi connectivity index (χ3n) is 7.10. The molecule has 0 saturated carbocycles. The van der Waals surface area contributed by atoms with Crippen LogP contribution in [0.25, 0.3) is 10.8 Å². The van der Waals surface area contributed by atoms with Gasteiger partial charge in [-0.25, -0.2) is 0 Å². The summed E-state index contributed by atoms with van der Waals surface area (Å²) < 4.78 is 184. The Morgan fingerprint density at radius 2 is 1.11 bits per heavy atom.